The zero-order valence-electron chi connectivity index (χ0n) is 11.1. The van der Waals surface area contributed by atoms with Crippen LogP contribution in [0.15, 0.2) is 17.5 Å². The molecule has 0 radical (unpaired) electrons. The molecule has 2 fully saturated rings. The largest absolute Gasteiger partial charge is 0.331 e. The molecular formula is C14H16N2O3S. The average Bonchev–Trinajstić information content (AvgIpc) is 2.96. The summed E-state index contributed by atoms with van der Waals surface area (Å²) >= 11 is 1.50. The van der Waals surface area contributed by atoms with E-state index < -0.39 is 17.4 Å². The molecule has 1 saturated carbocycles. The zero-order valence-corrected chi connectivity index (χ0v) is 11.9. The number of imide groups is 2. The number of barbiturate groups is 1. The normalized spacial score (nSPS) is 22.2. The first-order valence-corrected chi connectivity index (χ1v) is 7.71. The first-order valence-electron chi connectivity index (χ1n) is 6.83. The van der Waals surface area contributed by atoms with E-state index in [1.54, 1.807) is 0 Å². The van der Waals surface area contributed by atoms with Gasteiger partial charge in [-0.3, -0.25) is 19.8 Å². The third-order valence-corrected chi connectivity index (χ3v) is 5.02. The molecule has 1 aliphatic carbocycles. The van der Waals surface area contributed by atoms with Crippen LogP contribution in [0.4, 0.5) is 4.79 Å². The van der Waals surface area contributed by atoms with Crippen molar-refractivity contribution in [2.24, 2.45) is 5.41 Å². The van der Waals surface area contributed by atoms with Gasteiger partial charge in [0.25, 0.3) is 0 Å². The lowest BCUT2D eigenvalue weighted by Gasteiger charge is -2.41. The number of amides is 4. The van der Waals surface area contributed by atoms with Crippen LogP contribution in [0.1, 0.15) is 37.0 Å². The molecule has 5 nitrogen and oxygen atoms in total. The Bertz CT molecular complexity index is 547. The van der Waals surface area contributed by atoms with Gasteiger partial charge in [0.1, 0.15) is 5.41 Å². The molecule has 6 heteroatoms. The highest BCUT2D eigenvalue weighted by atomic mass is 32.1. The van der Waals surface area contributed by atoms with Gasteiger partial charge in [-0.2, -0.15) is 0 Å². The molecule has 0 bridgehead atoms. The van der Waals surface area contributed by atoms with Crippen molar-refractivity contribution >= 4 is 29.2 Å². The van der Waals surface area contributed by atoms with Crippen LogP contribution in [-0.2, 0) is 16.1 Å². The maximum Gasteiger partial charge on any atom is 0.331 e. The lowest BCUT2D eigenvalue weighted by molar-refractivity contribution is -0.154. The molecule has 1 saturated heterocycles. The number of hydrogen-bond donors (Lipinski definition) is 1. The smallest absolute Gasteiger partial charge is 0.277 e. The second-order valence-electron chi connectivity index (χ2n) is 5.37. The Hall–Kier alpha value is -1.69. The van der Waals surface area contributed by atoms with Gasteiger partial charge in [-0.25, -0.2) is 4.79 Å². The number of nitrogens with zero attached hydrogens (tertiary/aromatic N) is 1. The third kappa shape index (κ3) is 2.04. The first-order chi connectivity index (χ1) is 9.63. The third-order valence-electron chi connectivity index (χ3n) is 4.16. The van der Waals surface area contributed by atoms with Gasteiger partial charge in [0.2, 0.25) is 11.8 Å². The molecule has 20 heavy (non-hydrogen) atoms. The number of urea groups is 1. The fraction of sp³-hybridized carbons (Fsp3) is 0.500. The van der Waals surface area contributed by atoms with Gasteiger partial charge in [0.15, 0.2) is 0 Å². The van der Waals surface area contributed by atoms with Crippen LogP contribution in [-0.4, -0.2) is 22.7 Å². The van der Waals surface area contributed by atoms with Crippen LogP contribution in [0.25, 0.3) is 0 Å². The highest BCUT2D eigenvalue weighted by Crippen LogP contribution is 2.40. The van der Waals surface area contributed by atoms with Crippen LogP contribution in [0.5, 0.6) is 0 Å². The Labute approximate surface area is 121 Å². The molecule has 3 rings (SSSR count). The summed E-state index contributed by atoms with van der Waals surface area (Å²) < 4.78 is 0. The number of rotatable bonds is 2. The molecule has 0 aromatic carbocycles. The maximum absolute atomic E-state index is 12.7. The number of nitrogens with one attached hydrogen (secondary N) is 1. The molecule has 2 aliphatic rings. The van der Waals surface area contributed by atoms with Crippen molar-refractivity contribution in [1.29, 1.82) is 0 Å². The molecular weight excluding hydrogens is 276 g/mol. The van der Waals surface area contributed by atoms with Gasteiger partial charge in [0, 0.05) is 4.88 Å². The predicted octanol–water partition coefficient (Wildman–Crippen LogP) is 2.28. The molecule has 1 aromatic heterocycles. The maximum atomic E-state index is 12.7. The van der Waals surface area contributed by atoms with E-state index in [0.717, 1.165) is 24.1 Å². The van der Waals surface area contributed by atoms with E-state index in [9.17, 15) is 14.4 Å². The van der Waals surface area contributed by atoms with Gasteiger partial charge >= 0.3 is 6.03 Å². The Balaban J connectivity index is 1.88. The molecule has 0 unspecified atom stereocenters. The summed E-state index contributed by atoms with van der Waals surface area (Å²) in [6.45, 7) is 0.247. The molecule has 1 aromatic rings. The second-order valence-corrected chi connectivity index (χ2v) is 6.40. The summed E-state index contributed by atoms with van der Waals surface area (Å²) in [5.41, 5.74) is -1.01. The summed E-state index contributed by atoms with van der Waals surface area (Å²) in [5, 5.41) is 4.27. The van der Waals surface area contributed by atoms with Gasteiger partial charge in [-0.15, -0.1) is 11.3 Å². The lowest BCUT2D eigenvalue weighted by atomic mass is 9.71. The minimum absolute atomic E-state index is 0.247. The van der Waals surface area contributed by atoms with E-state index in [0.29, 0.717) is 12.8 Å². The average molecular weight is 292 g/mol. The van der Waals surface area contributed by atoms with Crippen molar-refractivity contribution in [3.63, 3.8) is 0 Å². The van der Waals surface area contributed by atoms with Crippen molar-refractivity contribution in [2.45, 2.75) is 38.6 Å². The van der Waals surface area contributed by atoms with Crippen molar-refractivity contribution in [3.8, 4) is 0 Å². The zero-order chi connectivity index (χ0) is 14.2. The van der Waals surface area contributed by atoms with E-state index in [1.165, 1.54) is 16.2 Å². The monoisotopic (exact) mass is 292 g/mol. The van der Waals surface area contributed by atoms with Crippen LogP contribution in [0.2, 0.25) is 0 Å². The molecule has 1 N–H and O–H groups in total. The molecule has 4 amide bonds. The van der Waals surface area contributed by atoms with Crippen LogP contribution < -0.4 is 5.32 Å². The fourth-order valence-electron chi connectivity index (χ4n) is 3.03. The van der Waals surface area contributed by atoms with Crippen molar-refractivity contribution < 1.29 is 14.4 Å². The van der Waals surface area contributed by atoms with Gasteiger partial charge in [0.05, 0.1) is 6.54 Å². The topological polar surface area (TPSA) is 66.5 Å². The Morgan fingerprint density at radius 2 is 1.95 bits per heavy atom. The van der Waals surface area contributed by atoms with Crippen molar-refractivity contribution in [3.05, 3.63) is 22.4 Å². The lowest BCUT2D eigenvalue weighted by Crippen LogP contribution is -2.63. The molecule has 1 spiro atoms. The summed E-state index contributed by atoms with van der Waals surface area (Å²) in [6.07, 6.45) is 3.86. The first kappa shape index (κ1) is 13.3. The van der Waals surface area contributed by atoms with E-state index in [-0.39, 0.29) is 12.5 Å². The number of thiophene rings is 1. The van der Waals surface area contributed by atoms with Gasteiger partial charge in [-0.1, -0.05) is 25.3 Å². The SMILES string of the molecule is O=C1NC(=O)C2(CCCCC2)C(=O)N1Cc1cccs1. The fourth-order valence-corrected chi connectivity index (χ4v) is 3.72. The molecule has 1 aliphatic heterocycles. The minimum atomic E-state index is -1.01. The Morgan fingerprint density at radius 3 is 2.60 bits per heavy atom. The van der Waals surface area contributed by atoms with Gasteiger partial charge < -0.3 is 0 Å². The Morgan fingerprint density at radius 1 is 1.20 bits per heavy atom. The number of carbonyl (C=O) groups excluding carboxylic acids is 3. The van der Waals surface area contributed by atoms with E-state index in [2.05, 4.69) is 5.32 Å². The van der Waals surface area contributed by atoms with Crippen molar-refractivity contribution in [1.82, 2.24) is 10.2 Å². The number of carbonyl (C=O) groups is 3. The van der Waals surface area contributed by atoms with Gasteiger partial charge in [-0.05, 0) is 24.3 Å². The quantitative estimate of drug-likeness (QED) is 0.850. The van der Waals surface area contributed by atoms with Crippen molar-refractivity contribution in [2.75, 3.05) is 0 Å². The highest BCUT2D eigenvalue weighted by Gasteiger charge is 2.53. The standard InChI is InChI=1S/C14H16N2O3S/c17-11-14(6-2-1-3-7-14)12(18)16(13(19)15-11)9-10-5-4-8-20-10/h4-5,8H,1-3,6-7,9H2,(H,15,17,19). The minimum Gasteiger partial charge on any atom is -0.277 e. The summed E-state index contributed by atoms with van der Waals surface area (Å²) in [5.74, 6) is -0.728. The van der Waals surface area contributed by atoms with Crippen LogP contribution >= 0.6 is 11.3 Å². The van der Waals surface area contributed by atoms with E-state index in [1.807, 2.05) is 17.5 Å². The predicted molar refractivity (Wildman–Crippen MR) is 73.9 cm³/mol. The molecule has 2 heterocycles. The molecule has 0 atom stereocenters. The second kappa shape index (κ2) is 5.01. The van der Waals surface area contributed by atoms with Crippen LogP contribution in [0, 0.1) is 5.41 Å². The Kier molecular flexibility index (Phi) is 3.33. The summed E-state index contributed by atoms with van der Waals surface area (Å²) in [7, 11) is 0. The van der Waals surface area contributed by atoms with E-state index in [4.69, 9.17) is 0 Å². The van der Waals surface area contributed by atoms with E-state index >= 15 is 0 Å². The molecule has 106 valence electrons. The summed E-state index contributed by atoms with van der Waals surface area (Å²) in [4.78, 5) is 38.9. The van der Waals surface area contributed by atoms with Crippen LogP contribution in [0.3, 0.4) is 0 Å². The summed E-state index contributed by atoms with van der Waals surface area (Å²) in [6, 6.07) is 3.17. The number of hydrogen-bond acceptors (Lipinski definition) is 4. The highest BCUT2D eigenvalue weighted by molar-refractivity contribution is 7.09.